The number of amides is 1. The van der Waals surface area contributed by atoms with Crippen LogP contribution in [0.15, 0.2) is 18.2 Å². The molecule has 0 bridgehead atoms. The first-order valence-electron chi connectivity index (χ1n) is 4.88. The van der Waals surface area contributed by atoms with Crippen LogP contribution in [0.5, 0.6) is 0 Å². The molecule has 1 aromatic carbocycles. The van der Waals surface area contributed by atoms with Gasteiger partial charge in [-0.3, -0.25) is 4.79 Å². The van der Waals surface area contributed by atoms with Gasteiger partial charge >= 0.3 is 0 Å². The van der Waals surface area contributed by atoms with Gasteiger partial charge in [0.05, 0.1) is 10.0 Å². The highest BCUT2D eigenvalue weighted by Gasteiger charge is 2.07. The monoisotopic (exact) mass is 323 g/mol. The third kappa shape index (κ3) is 4.32. The molecule has 1 amide bonds. The van der Waals surface area contributed by atoms with Gasteiger partial charge in [0, 0.05) is 16.9 Å². The molecular formula is C11H12BrCl2NO. The molecule has 0 radical (unpaired) electrons. The molecule has 0 aromatic heterocycles. The van der Waals surface area contributed by atoms with E-state index in [1.165, 1.54) is 0 Å². The van der Waals surface area contributed by atoms with E-state index in [1.54, 1.807) is 18.2 Å². The van der Waals surface area contributed by atoms with Gasteiger partial charge < -0.3 is 5.32 Å². The smallest absolute Gasteiger partial charge is 0.251 e. The number of hydrogen-bond acceptors (Lipinski definition) is 1. The largest absolute Gasteiger partial charge is 0.352 e. The summed E-state index contributed by atoms with van der Waals surface area (Å²) in [5.41, 5.74) is 0.525. The summed E-state index contributed by atoms with van der Waals surface area (Å²) in [5, 5.41) is 3.65. The maximum absolute atomic E-state index is 11.7. The van der Waals surface area contributed by atoms with Crippen LogP contribution in [-0.4, -0.2) is 17.3 Å². The molecule has 0 aliphatic carbocycles. The first-order valence-corrected chi connectivity index (χ1v) is 6.55. The topological polar surface area (TPSA) is 29.1 Å². The lowest BCUT2D eigenvalue weighted by molar-refractivity contribution is 0.0953. The lowest BCUT2D eigenvalue weighted by atomic mass is 10.2. The van der Waals surface area contributed by atoms with Gasteiger partial charge in [0.2, 0.25) is 0 Å². The Morgan fingerprint density at radius 1 is 1.44 bits per heavy atom. The normalized spacial score (nSPS) is 12.2. The van der Waals surface area contributed by atoms with Crippen molar-refractivity contribution in [2.45, 2.75) is 18.2 Å². The number of carbonyl (C=O) groups excluding carboxylic acids is 1. The quantitative estimate of drug-likeness (QED) is 0.836. The van der Waals surface area contributed by atoms with Gasteiger partial charge in [-0.2, -0.15) is 0 Å². The lowest BCUT2D eigenvalue weighted by Gasteiger charge is -2.07. The van der Waals surface area contributed by atoms with E-state index < -0.39 is 0 Å². The summed E-state index contributed by atoms with van der Waals surface area (Å²) in [6.45, 7) is 2.66. The average molecular weight is 325 g/mol. The minimum Gasteiger partial charge on any atom is -0.352 e. The molecule has 16 heavy (non-hydrogen) atoms. The van der Waals surface area contributed by atoms with Crippen LogP contribution in [0.4, 0.5) is 0 Å². The van der Waals surface area contributed by atoms with E-state index in [2.05, 4.69) is 21.2 Å². The van der Waals surface area contributed by atoms with Gasteiger partial charge in [-0.15, -0.1) is 0 Å². The fourth-order valence-electron chi connectivity index (χ4n) is 1.12. The Kier molecular flexibility index (Phi) is 5.59. The maximum Gasteiger partial charge on any atom is 0.251 e. The Hall–Kier alpha value is -0.250. The van der Waals surface area contributed by atoms with Crippen molar-refractivity contribution in [3.05, 3.63) is 33.8 Å². The van der Waals surface area contributed by atoms with Crippen LogP contribution in [0, 0.1) is 0 Å². The highest BCUT2D eigenvalue weighted by atomic mass is 79.9. The Labute approximate surface area is 113 Å². The minimum atomic E-state index is -0.133. The molecule has 1 atom stereocenters. The van der Waals surface area contributed by atoms with E-state index in [-0.39, 0.29) is 5.91 Å². The van der Waals surface area contributed by atoms with Gasteiger partial charge in [0.1, 0.15) is 0 Å². The first kappa shape index (κ1) is 13.8. The van der Waals surface area contributed by atoms with Crippen LogP contribution >= 0.6 is 39.1 Å². The third-order valence-electron chi connectivity index (χ3n) is 2.01. The Bertz CT molecular complexity index is 382. The van der Waals surface area contributed by atoms with Gasteiger partial charge in [-0.25, -0.2) is 0 Å². The number of carbonyl (C=O) groups is 1. The summed E-state index contributed by atoms with van der Waals surface area (Å²) >= 11 is 15.0. The molecule has 0 spiro atoms. The van der Waals surface area contributed by atoms with Gasteiger partial charge in [-0.05, 0) is 24.6 Å². The Morgan fingerprint density at radius 2 is 2.12 bits per heavy atom. The Morgan fingerprint density at radius 3 is 2.69 bits per heavy atom. The standard InChI is InChI=1S/C11H12BrCl2NO/c1-7(12)4-5-15-11(16)8-2-3-9(13)10(14)6-8/h2-3,6-7H,4-5H2,1H3,(H,15,16). The molecule has 0 saturated heterocycles. The highest BCUT2D eigenvalue weighted by Crippen LogP contribution is 2.22. The molecule has 0 fully saturated rings. The molecule has 5 heteroatoms. The summed E-state index contributed by atoms with van der Waals surface area (Å²) in [6.07, 6.45) is 0.882. The highest BCUT2D eigenvalue weighted by molar-refractivity contribution is 9.09. The van der Waals surface area contributed by atoms with E-state index >= 15 is 0 Å². The molecule has 0 aliphatic rings. The fraction of sp³-hybridized carbons (Fsp3) is 0.364. The number of hydrogen-bond donors (Lipinski definition) is 1. The van der Waals surface area contributed by atoms with Crippen molar-refractivity contribution >= 4 is 45.0 Å². The van der Waals surface area contributed by atoms with E-state index in [1.807, 2.05) is 6.92 Å². The van der Waals surface area contributed by atoms with E-state index in [4.69, 9.17) is 23.2 Å². The van der Waals surface area contributed by atoms with Crippen molar-refractivity contribution in [3.63, 3.8) is 0 Å². The first-order chi connectivity index (χ1) is 7.50. The predicted octanol–water partition coefficient (Wildman–Crippen LogP) is 3.90. The number of benzene rings is 1. The lowest BCUT2D eigenvalue weighted by Crippen LogP contribution is -2.25. The van der Waals surface area contributed by atoms with Crippen molar-refractivity contribution < 1.29 is 4.79 Å². The molecule has 0 aliphatic heterocycles. The van der Waals surface area contributed by atoms with Crippen LogP contribution in [0.3, 0.4) is 0 Å². The minimum absolute atomic E-state index is 0.133. The summed E-state index contributed by atoms with van der Waals surface area (Å²) in [5.74, 6) is -0.133. The second kappa shape index (κ2) is 6.48. The number of alkyl halides is 1. The van der Waals surface area contributed by atoms with E-state index in [9.17, 15) is 4.79 Å². The van der Waals surface area contributed by atoms with Crippen molar-refractivity contribution in [2.24, 2.45) is 0 Å². The molecule has 2 nitrogen and oxygen atoms in total. The van der Waals surface area contributed by atoms with Gasteiger partial charge in [0.15, 0.2) is 0 Å². The number of halogens is 3. The van der Waals surface area contributed by atoms with Gasteiger partial charge in [0.25, 0.3) is 5.91 Å². The van der Waals surface area contributed by atoms with Crippen LogP contribution in [-0.2, 0) is 0 Å². The van der Waals surface area contributed by atoms with Crippen molar-refractivity contribution in [3.8, 4) is 0 Å². The molecule has 1 unspecified atom stereocenters. The molecule has 0 saturated carbocycles. The molecular weight excluding hydrogens is 313 g/mol. The summed E-state index contributed by atoms with van der Waals surface area (Å²) < 4.78 is 0. The predicted molar refractivity (Wildman–Crippen MR) is 71.8 cm³/mol. The molecule has 1 N–H and O–H groups in total. The van der Waals surface area contributed by atoms with E-state index in [0.717, 1.165) is 6.42 Å². The summed E-state index contributed by atoms with van der Waals surface area (Å²) in [6, 6.07) is 4.84. The van der Waals surface area contributed by atoms with Crippen LogP contribution in [0.1, 0.15) is 23.7 Å². The molecule has 1 aromatic rings. The SMILES string of the molecule is CC(Br)CCNC(=O)c1ccc(Cl)c(Cl)c1. The second-order valence-corrected chi connectivity index (χ2v) is 5.83. The fourth-order valence-corrected chi connectivity index (χ4v) is 1.65. The second-order valence-electron chi connectivity index (χ2n) is 3.45. The molecule has 88 valence electrons. The van der Waals surface area contributed by atoms with Crippen LogP contribution < -0.4 is 5.32 Å². The zero-order chi connectivity index (χ0) is 12.1. The Balaban J connectivity index is 2.56. The zero-order valence-corrected chi connectivity index (χ0v) is 11.9. The third-order valence-corrected chi connectivity index (χ3v) is 3.21. The van der Waals surface area contributed by atoms with Crippen LogP contribution in [0.2, 0.25) is 10.0 Å². The van der Waals surface area contributed by atoms with Gasteiger partial charge in [-0.1, -0.05) is 46.1 Å². The molecule has 0 heterocycles. The average Bonchev–Trinajstić information content (AvgIpc) is 2.21. The van der Waals surface area contributed by atoms with Crippen molar-refractivity contribution in [1.82, 2.24) is 5.32 Å². The summed E-state index contributed by atoms with van der Waals surface area (Å²) in [4.78, 5) is 12.1. The molecule has 1 rings (SSSR count). The number of rotatable bonds is 4. The number of nitrogens with one attached hydrogen (secondary N) is 1. The van der Waals surface area contributed by atoms with Crippen molar-refractivity contribution in [2.75, 3.05) is 6.54 Å². The maximum atomic E-state index is 11.7. The van der Waals surface area contributed by atoms with Crippen LogP contribution in [0.25, 0.3) is 0 Å². The van der Waals surface area contributed by atoms with E-state index in [0.29, 0.717) is 27.0 Å². The van der Waals surface area contributed by atoms with Crippen molar-refractivity contribution in [1.29, 1.82) is 0 Å². The summed E-state index contributed by atoms with van der Waals surface area (Å²) in [7, 11) is 0. The zero-order valence-electron chi connectivity index (χ0n) is 8.77.